The zero-order valence-corrected chi connectivity index (χ0v) is 17.6. The summed E-state index contributed by atoms with van der Waals surface area (Å²) in [4.78, 5) is 30.5. The molecular weight excluding hydrogens is 378 g/mol. The first kappa shape index (κ1) is 21.0. The van der Waals surface area contributed by atoms with Crippen molar-refractivity contribution in [2.45, 2.75) is 20.5 Å². The summed E-state index contributed by atoms with van der Waals surface area (Å²) in [5.41, 5.74) is 3.91. The van der Waals surface area contributed by atoms with E-state index < -0.39 is 0 Å². The fourth-order valence-corrected chi connectivity index (χ4v) is 2.95. The third-order valence-corrected chi connectivity index (χ3v) is 4.65. The minimum absolute atomic E-state index is 0.202. The predicted octanol–water partition coefficient (Wildman–Crippen LogP) is 4.23. The van der Waals surface area contributed by atoms with Crippen LogP contribution in [0.25, 0.3) is 0 Å². The highest BCUT2D eigenvalue weighted by Crippen LogP contribution is 2.23. The largest absolute Gasteiger partial charge is 0.489 e. The molecule has 0 saturated heterocycles. The van der Waals surface area contributed by atoms with Crippen LogP contribution in [0, 0.1) is 13.8 Å². The number of nitrogens with one attached hydrogen (secondary N) is 1. The number of hydrogen-bond donors (Lipinski definition) is 1. The van der Waals surface area contributed by atoms with Crippen LogP contribution in [0.5, 0.6) is 5.75 Å². The summed E-state index contributed by atoms with van der Waals surface area (Å²) in [5, 5.41) is 2.91. The zero-order chi connectivity index (χ0) is 21.7. The molecule has 0 atom stereocenters. The number of aromatic nitrogens is 1. The van der Waals surface area contributed by atoms with Gasteiger partial charge in [-0.25, -0.2) is 4.98 Å². The first-order valence-corrected chi connectivity index (χ1v) is 9.63. The average molecular weight is 403 g/mol. The summed E-state index contributed by atoms with van der Waals surface area (Å²) >= 11 is 0. The van der Waals surface area contributed by atoms with Gasteiger partial charge in [0.25, 0.3) is 11.8 Å². The summed E-state index contributed by atoms with van der Waals surface area (Å²) in [6, 6.07) is 18.7. The number of carbonyl (C=O) groups is 2. The molecule has 0 aliphatic heterocycles. The van der Waals surface area contributed by atoms with Gasteiger partial charge in [0.15, 0.2) is 0 Å². The van der Waals surface area contributed by atoms with Crippen LogP contribution in [-0.2, 0) is 6.61 Å². The Labute approximate surface area is 176 Å². The van der Waals surface area contributed by atoms with Gasteiger partial charge in [0, 0.05) is 19.8 Å². The van der Waals surface area contributed by atoms with Crippen LogP contribution in [0.1, 0.15) is 37.7 Å². The number of aryl methyl sites for hydroxylation is 2. The first-order valence-electron chi connectivity index (χ1n) is 9.63. The van der Waals surface area contributed by atoms with Crippen molar-refractivity contribution >= 4 is 17.5 Å². The van der Waals surface area contributed by atoms with Crippen LogP contribution >= 0.6 is 0 Å². The van der Waals surface area contributed by atoms with E-state index in [0.717, 1.165) is 16.9 Å². The number of benzene rings is 2. The lowest BCUT2D eigenvalue weighted by atomic mass is 10.1. The van der Waals surface area contributed by atoms with E-state index in [-0.39, 0.29) is 11.8 Å². The molecule has 1 heterocycles. The van der Waals surface area contributed by atoms with E-state index in [4.69, 9.17) is 4.74 Å². The predicted molar refractivity (Wildman–Crippen MR) is 117 cm³/mol. The molecule has 1 aromatic heterocycles. The minimum Gasteiger partial charge on any atom is -0.489 e. The second kappa shape index (κ2) is 9.22. The number of carbonyl (C=O) groups excluding carboxylic acids is 2. The van der Waals surface area contributed by atoms with Gasteiger partial charge in [-0.2, -0.15) is 0 Å². The van der Waals surface area contributed by atoms with Gasteiger partial charge in [0.05, 0.1) is 11.3 Å². The fraction of sp³-hybridized carbons (Fsp3) is 0.208. The van der Waals surface area contributed by atoms with E-state index in [2.05, 4.69) is 10.3 Å². The molecule has 0 spiro atoms. The number of amides is 2. The molecule has 0 unspecified atom stereocenters. The monoisotopic (exact) mass is 403 g/mol. The normalized spacial score (nSPS) is 10.4. The van der Waals surface area contributed by atoms with Gasteiger partial charge in [-0.05, 0) is 55.3 Å². The summed E-state index contributed by atoms with van der Waals surface area (Å²) in [6.07, 6.45) is 0. The fourth-order valence-electron chi connectivity index (χ4n) is 2.95. The Hall–Kier alpha value is -3.67. The molecule has 0 bridgehead atoms. The maximum absolute atomic E-state index is 12.7. The maximum Gasteiger partial charge on any atom is 0.271 e. The van der Waals surface area contributed by atoms with Gasteiger partial charge in [-0.3, -0.25) is 9.59 Å². The molecule has 2 amide bonds. The van der Waals surface area contributed by atoms with Crippen molar-refractivity contribution in [1.82, 2.24) is 9.88 Å². The molecule has 0 saturated carbocycles. The summed E-state index contributed by atoms with van der Waals surface area (Å²) in [6.45, 7) is 4.11. The molecule has 2 aromatic carbocycles. The summed E-state index contributed by atoms with van der Waals surface area (Å²) in [5.74, 6) is 0.260. The first-order chi connectivity index (χ1) is 14.3. The van der Waals surface area contributed by atoms with Gasteiger partial charge in [0.2, 0.25) is 0 Å². The van der Waals surface area contributed by atoms with Crippen molar-refractivity contribution in [1.29, 1.82) is 0 Å². The number of rotatable bonds is 6. The van der Waals surface area contributed by atoms with Crippen LogP contribution in [0.4, 0.5) is 5.69 Å². The SMILES string of the molecule is Cc1cc(OCc2ccccc2)ccc1NC(=O)c1ccc(C(=O)N(C)C)nc1C. The lowest BCUT2D eigenvalue weighted by Crippen LogP contribution is -2.24. The van der Waals surface area contributed by atoms with E-state index in [1.54, 1.807) is 33.2 Å². The Balaban J connectivity index is 1.68. The van der Waals surface area contributed by atoms with Gasteiger partial charge in [-0.15, -0.1) is 0 Å². The second-order valence-corrected chi connectivity index (χ2v) is 7.23. The number of hydrogen-bond acceptors (Lipinski definition) is 4. The van der Waals surface area contributed by atoms with Crippen molar-refractivity contribution in [3.63, 3.8) is 0 Å². The molecule has 154 valence electrons. The van der Waals surface area contributed by atoms with Gasteiger partial charge in [-0.1, -0.05) is 30.3 Å². The third-order valence-electron chi connectivity index (χ3n) is 4.65. The molecule has 0 fully saturated rings. The van der Waals surface area contributed by atoms with Gasteiger partial charge >= 0.3 is 0 Å². The van der Waals surface area contributed by atoms with Crippen LogP contribution in [0.3, 0.4) is 0 Å². The zero-order valence-electron chi connectivity index (χ0n) is 17.6. The molecule has 3 aromatic rings. The van der Waals surface area contributed by atoms with E-state index in [9.17, 15) is 9.59 Å². The maximum atomic E-state index is 12.7. The van der Waals surface area contributed by atoms with Crippen molar-refractivity contribution in [2.75, 3.05) is 19.4 Å². The molecule has 0 aliphatic rings. The van der Waals surface area contributed by atoms with Crippen LogP contribution in [0.15, 0.2) is 60.7 Å². The number of nitrogens with zero attached hydrogens (tertiary/aromatic N) is 2. The third kappa shape index (κ3) is 5.03. The molecule has 0 aliphatic carbocycles. The van der Waals surface area contributed by atoms with Crippen molar-refractivity contribution in [3.05, 3.63) is 88.7 Å². The smallest absolute Gasteiger partial charge is 0.271 e. The van der Waals surface area contributed by atoms with Gasteiger partial charge in [0.1, 0.15) is 18.1 Å². The molecule has 6 nitrogen and oxygen atoms in total. The molecule has 0 radical (unpaired) electrons. The molecule has 30 heavy (non-hydrogen) atoms. The standard InChI is InChI=1S/C24H25N3O3/c1-16-14-19(30-15-18-8-6-5-7-9-18)10-12-21(16)26-23(28)20-11-13-22(25-17(20)2)24(29)27(3)4/h5-14H,15H2,1-4H3,(H,26,28). The molecule has 1 N–H and O–H groups in total. The van der Waals surface area contributed by atoms with E-state index in [0.29, 0.717) is 29.2 Å². The highest BCUT2D eigenvalue weighted by Gasteiger charge is 2.16. The van der Waals surface area contributed by atoms with Crippen LogP contribution < -0.4 is 10.1 Å². The topological polar surface area (TPSA) is 71.5 Å². The minimum atomic E-state index is -0.273. The van der Waals surface area contributed by atoms with E-state index in [1.807, 2.05) is 55.5 Å². The quantitative estimate of drug-likeness (QED) is 0.669. The van der Waals surface area contributed by atoms with Crippen LogP contribution in [-0.4, -0.2) is 35.8 Å². The highest BCUT2D eigenvalue weighted by molar-refractivity contribution is 6.05. The number of anilines is 1. The van der Waals surface area contributed by atoms with Crippen LogP contribution in [0.2, 0.25) is 0 Å². The second-order valence-electron chi connectivity index (χ2n) is 7.23. The lowest BCUT2D eigenvalue weighted by molar-refractivity contribution is 0.0821. The van der Waals surface area contributed by atoms with Crippen molar-refractivity contribution < 1.29 is 14.3 Å². The lowest BCUT2D eigenvalue weighted by Gasteiger charge is -2.13. The number of ether oxygens (including phenoxy) is 1. The molecule has 3 rings (SSSR count). The van der Waals surface area contributed by atoms with Crippen molar-refractivity contribution in [2.24, 2.45) is 0 Å². The van der Waals surface area contributed by atoms with E-state index >= 15 is 0 Å². The summed E-state index contributed by atoms with van der Waals surface area (Å²) in [7, 11) is 3.33. The van der Waals surface area contributed by atoms with Crippen molar-refractivity contribution in [3.8, 4) is 5.75 Å². The molecular formula is C24H25N3O3. The average Bonchev–Trinajstić information content (AvgIpc) is 2.74. The molecule has 6 heteroatoms. The number of pyridine rings is 1. The highest BCUT2D eigenvalue weighted by atomic mass is 16.5. The Morgan fingerprint density at radius 2 is 1.73 bits per heavy atom. The summed E-state index contributed by atoms with van der Waals surface area (Å²) < 4.78 is 5.83. The Morgan fingerprint density at radius 3 is 2.37 bits per heavy atom. The Morgan fingerprint density at radius 1 is 1.00 bits per heavy atom. The van der Waals surface area contributed by atoms with E-state index in [1.165, 1.54) is 4.90 Å². The Kier molecular flexibility index (Phi) is 6.47. The van der Waals surface area contributed by atoms with Gasteiger partial charge < -0.3 is 15.0 Å². The Bertz CT molecular complexity index is 1060.